The van der Waals surface area contributed by atoms with Gasteiger partial charge < -0.3 is 10.4 Å². The first-order valence-corrected chi connectivity index (χ1v) is 15.5. The average molecular weight is 625 g/mol. The Morgan fingerprint density at radius 3 is 2.23 bits per heavy atom. The highest BCUT2D eigenvalue weighted by molar-refractivity contribution is 7.92. The van der Waals surface area contributed by atoms with Gasteiger partial charge in [0.05, 0.1) is 21.4 Å². The van der Waals surface area contributed by atoms with Gasteiger partial charge in [0, 0.05) is 41.9 Å². The maximum atomic E-state index is 13.0. The molecule has 2 heterocycles. The molecule has 7 nitrogen and oxygen atoms in total. The third kappa shape index (κ3) is 7.85. The van der Waals surface area contributed by atoms with Crippen molar-refractivity contribution < 1.29 is 26.7 Å². The van der Waals surface area contributed by atoms with E-state index in [1.54, 1.807) is 48.9 Å². The molecule has 43 heavy (non-hydrogen) atoms. The first-order chi connectivity index (χ1) is 20.6. The van der Waals surface area contributed by atoms with Crippen LogP contribution in [-0.2, 0) is 22.6 Å². The fraction of sp³-hybridized carbons (Fsp3) is 0.161. The summed E-state index contributed by atoms with van der Waals surface area (Å²) in [5, 5.41) is 14.0. The minimum absolute atomic E-state index is 0.0872. The third-order valence-electron chi connectivity index (χ3n) is 6.62. The zero-order valence-corrected chi connectivity index (χ0v) is 24.3. The summed E-state index contributed by atoms with van der Waals surface area (Å²) in [7, 11) is -3.84. The molecular weight excluding hydrogens is 597 g/mol. The van der Waals surface area contributed by atoms with Gasteiger partial charge in [-0.05, 0) is 66.6 Å². The number of benzene rings is 3. The Balaban J connectivity index is 1.15. The topological polar surface area (TPSA) is 104 Å². The Morgan fingerprint density at radius 1 is 0.884 bits per heavy atom. The molecule has 0 radical (unpaired) electrons. The molecule has 0 saturated carbocycles. The second-order valence-corrected chi connectivity index (χ2v) is 12.4. The van der Waals surface area contributed by atoms with Crippen LogP contribution in [0.25, 0.3) is 21.0 Å². The van der Waals surface area contributed by atoms with Crippen molar-refractivity contribution in [2.75, 3.05) is 17.8 Å². The number of sulfonamides is 1. The van der Waals surface area contributed by atoms with Crippen LogP contribution in [0, 0.1) is 0 Å². The fourth-order valence-corrected chi connectivity index (χ4v) is 6.24. The van der Waals surface area contributed by atoms with Crippen molar-refractivity contribution in [2.24, 2.45) is 0 Å². The molecule has 1 atom stereocenters. The molecule has 0 aliphatic heterocycles. The summed E-state index contributed by atoms with van der Waals surface area (Å²) < 4.78 is 67.1. The van der Waals surface area contributed by atoms with E-state index in [1.165, 1.54) is 35.6 Å². The van der Waals surface area contributed by atoms with Crippen molar-refractivity contribution >= 4 is 27.0 Å². The molecule has 5 aromatic rings. The number of anilines is 1. The van der Waals surface area contributed by atoms with E-state index < -0.39 is 27.9 Å². The van der Waals surface area contributed by atoms with E-state index in [4.69, 9.17) is 0 Å². The van der Waals surface area contributed by atoms with E-state index >= 15 is 0 Å². The lowest BCUT2D eigenvalue weighted by Gasteiger charge is -2.12. The molecule has 222 valence electrons. The summed E-state index contributed by atoms with van der Waals surface area (Å²) in [5.41, 5.74) is 2.76. The Morgan fingerprint density at radius 2 is 1.58 bits per heavy atom. The normalized spacial score (nSPS) is 12.7. The Labute approximate surface area is 251 Å². The summed E-state index contributed by atoms with van der Waals surface area (Å²) in [6.45, 7) is 1.03. The van der Waals surface area contributed by atoms with Crippen LogP contribution in [-0.4, -0.2) is 36.6 Å². The molecule has 0 bridgehead atoms. The fourth-order valence-electron chi connectivity index (χ4n) is 4.26. The lowest BCUT2D eigenvalue weighted by atomic mass is 10.1. The number of halogens is 3. The number of aliphatic hydroxyl groups excluding tert-OH is 1. The zero-order valence-electron chi connectivity index (χ0n) is 22.6. The number of nitrogens with one attached hydrogen (secondary N) is 2. The number of aliphatic hydroxyl groups is 1. The monoisotopic (exact) mass is 624 g/mol. The Hall–Kier alpha value is -4.10. The Kier molecular flexibility index (Phi) is 9.21. The molecule has 0 aliphatic rings. The molecule has 12 heteroatoms. The molecule has 0 unspecified atom stereocenters. The molecule has 0 saturated heterocycles. The van der Waals surface area contributed by atoms with Crippen molar-refractivity contribution in [1.29, 1.82) is 0 Å². The van der Waals surface area contributed by atoms with Crippen molar-refractivity contribution in [3.8, 4) is 21.0 Å². The summed E-state index contributed by atoms with van der Waals surface area (Å²) in [6, 6.07) is 21.8. The number of pyridine rings is 1. The quantitative estimate of drug-likeness (QED) is 0.144. The van der Waals surface area contributed by atoms with E-state index in [9.17, 15) is 26.7 Å². The van der Waals surface area contributed by atoms with Gasteiger partial charge in [-0.15, -0.1) is 11.3 Å². The molecule has 5 rings (SSSR count). The molecule has 0 spiro atoms. The zero-order chi connectivity index (χ0) is 30.5. The summed E-state index contributed by atoms with van der Waals surface area (Å²) in [5.74, 6) is 0. The van der Waals surface area contributed by atoms with Gasteiger partial charge in [-0.25, -0.2) is 13.4 Å². The lowest BCUT2D eigenvalue weighted by Crippen LogP contribution is -2.23. The van der Waals surface area contributed by atoms with Crippen molar-refractivity contribution in [2.45, 2.75) is 23.6 Å². The van der Waals surface area contributed by atoms with Crippen LogP contribution in [0.5, 0.6) is 0 Å². The highest BCUT2D eigenvalue weighted by Gasteiger charge is 2.30. The first kappa shape index (κ1) is 30.4. The van der Waals surface area contributed by atoms with Crippen LogP contribution >= 0.6 is 11.3 Å². The van der Waals surface area contributed by atoms with Crippen molar-refractivity contribution in [1.82, 2.24) is 15.3 Å². The molecule has 3 N–H and O–H groups in total. The number of hydrogen-bond donors (Lipinski definition) is 3. The summed E-state index contributed by atoms with van der Waals surface area (Å²) in [4.78, 5) is 9.17. The number of hydrogen-bond acceptors (Lipinski definition) is 7. The number of aromatic nitrogens is 2. The van der Waals surface area contributed by atoms with Gasteiger partial charge in [-0.3, -0.25) is 9.71 Å². The molecule has 2 aromatic heterocycles. The van der Waals surface area contributed by atoms with Gasteiger partial charge in [0.2, 0.25) is 0 Å². The van der Waals surface area contributed by atoms with Gasteiger partial charge >= 0.3 is 6.18 Å². The van der Waals surface area contributed by atoms with Crippen molar-refractivity contribution in [3.63, 3.8) is 0 Å². The van der Waals surface area contributed by atoms with E-state index in [0.29, 0.717) is 35.8 Å². The van der Waals surface area contributed by atoms with Gasteiger partial charge in [0.15, 0.2) is 0 Å². The summed E-state index contributed by atoms with van der Waals surface area (Å²) >= 11 is 1.30. The SMILES string of the molecule is O=S(=O)(Nc1ccc(CCNC[C@H](O)c2cccnc2)cc1)c1ccc(-c2cnc(-c3ccc(C(F)(F)F)cc3)s2)cc1. The van der Waals surface area contributed by atoms with Crippen LogP contribution in [0.15, 0.2) is 108 Å². The summed E-state index contributed by atoms with van der Waals surface area (Å²) in [6.07, 6.45) is 0.545. The van der Waals surface area contributed by atoms with Gasteiger partial charge in [0.25, 0.3) is 10.0 Å². The van der Waals surface area contributed by atoms with E-state index in [1.807, 2.05) is 18.2 Å². The number of rotatable bonds is 11. The maximum Gasteiger partial charge on any atom is 0.416 e. The van der Waals surface area contributed by atoms with Crippen LogP contribution in [0.1, 0.15) is 22.8 Å². The standard InChI is InChI=1S/C31H27F3N4O3S2/c32-31(33,34)25-9-5-23(6-10-25)30-37-20-29(42-30)22-7-13-27(14-8-22)43(40,41)38-26-11-3-21(4-12-26)15-17-36-19-28(39)24-2-1-16-35-18-24/h1-14,16,18,20,28,36,38-39H,15,17,19H2/t28-/m0/s1. The van der Waals surface area contributed by atoms with E-state index in [2.05, 4.69) is 20.0 Å². The second kappa shape index (κ2) is 13.0. The Bertz CT molecular complexity index is 1740. The molecule has 0 fully saturated rings. The van der Waals surface area contributed by atoms with Crippen LogP contribution < -0.4 is 10.0 Å². The highest BCUT2D eigenvalue weighted by atomic mass is 32.2. The van der Waals surface area contributed by atoms with Crippen molar-refractivity contribution in [3.05, 3.63) is 120 Å². The predicted molar refractivity (Wildman–Crippen MR) is 161 cm³/mol. The van der Waals surface area contributed by atoms with Crippen LogP contribution in [0.2, 0.25) is 0 Å². The highest BCUT2D eigenvalue weighted by Crippen LogP contribution is 2.35. The molecule has 3 aromatic carbocycles. The average Bonchev–Trinajstić information content (AvgIpc) is 3.51. The maximum absolute atomic E-state index is 13.0. The number of nitrogens with zero attached hydrogens (tertiary/aromatic N) is 2. The predicted octanol–water partition coefficient (Wildman–Crippen LogP) is 6.56. The van der Waals surface area contributed by atoms with E-state index in [0.717, 1.165) is 33.7 Å². The minimum Gasteiger partial charge on any atom is -0.387 e. The van der Waals surface area contributed by atoms with Gasteiger partial charge in [-0.2, -0.15) is 13.2 Å². The molecular formula is C31H27F3N4O3S2. The molecule has 0 aliphatic carbocycles. The molecule has 0 amide bonds. The number of alkyl halides is 3. The first-order valence-electron chi connectivity index (χ1n) is 13.2. The number of thiazole rings is 1. The lowest BCUT2D eigenvalue weighted by molar-refractivity contribution is -0.137. The van der Waals surface area contributed by atoms with Gasteiger partial charge in [0.1, 0.15) is 5.01 Å². The third-order valence-corrected chi connectivity index (χ3v) is 9.11. The second-order valence-electron chi connectivity index (χ2n) is 9.69. The van der Waals surface area contributed by atoms with Gasteiger partial charge in [-0.1, -0.05) is 42.5 Å². The van der Waals surface area contributed by atoms with Crippen LogP contribution in [0.3, 0.4) is 0 Å². The minimum atomic E-state index is -4.40. The van der Waals surface area contributed by atoms with Crippen LogP contribution in [0.4, 0.5) is 18.9 Å². The smallest absolute Gasteiger partial charge is 0.387 e. The van der Waals surface area contributed by atoms with E-state index in [-0.39, 0.29) is 4.90 Å². The largest absolute Gasteiger partial charge is 0.416 e.